The third-order valence-electron chi connectivity index (χ3n) is 2.85. The van der Waals surface area contributed by atoms with Crippen LogP contribution in [0.15, 0.2) is 0 Å². The van der Waals surface area contributed by atoms with Gasteiger partial charge in [-0.3, -0.25) is 15.0 Å². The van der Waals surface area contributed by atoms with Crippen molar-refractivity contribution in [2.75, 3.05) is 26.7 Å². The van der Waals surface area contributed by atoms with Crippen molar-refractivity contribution in [1.29, 1.82) is 0 Å². The molecule has 1 unspecified atom stereocenters. The van der Waals surface area contributed by atoms with Gasteiger partial charge in [-0.2, -0.15) is 0 Å². The molecule has 0 radical (unpaired) electrons. The molecule has 1 fully saturated rings. The van der Waals surface area contributed by atoms with Crippen LogP contribution in [-0.4, -0.2) is 49.6 Å². The Labute approximate surface area is 108 Å². The Morgan fingerprint density at radius 1 is 1.41 bits per heavy atom. The molecule has 1 saturated heterocycles. The van der Waals surface area contributed by atoms with Crippen molar-refractivity contribution < 1.29 is 9.59 Å². The van der Waals surface area contributed by atoms with E-state index in [4.69, 9.17) is 5.73 Å². The lowest BCUT2D eigenvalue weighted by atomic mass is 10.0. The topological polar surface area (TPSA) is 87.5 Å². The Bertz CT molecular complexity index is 263. The average Bonchev–Trinajstić information content (AvgIpc) is 2.29. The molecule has 4 N–H and O–H groups in total. The molecule has 0 saturated carbocycles. The number of nitrogens with two attached hydrogens (primary N) is 1. The Morgan fingerprint density at radius 3 is 2.71 bits per heavy atom. The number of hydrogen-bond donors (Lipinski definition) is 3. The highest BCUT2D eigenvalue weighted by Gasteiger charge is 2.23. The summed E-state index contributed by atoms with van der Waals surface area (Å²) in [7, 11) is 1.48. The molecule has 0 aliphatic carbocycles. The standard InChI is InChI=1S/C10H20N4O2.ClH/c1-12-10(16)13-9(15)7-14-5-3-2-4-8(14)6-11;/h8H,2-7,11H2,1H3,(H2,12,13,15,16);1H. The maximum Gasteiger partial charge on any atom is 0.321 e. The summed E-state index contributed by atoms with van der Waals surface area (Å²) in [6, 6.07) is -0.199. The number of imide groups is 1. The zero-order chi connectivity index (χ0) is 12.0. The molecule has 0 spiro atoms. The van der Waals surface area contributed by atoms with Crippen LogP contribution < -0.4 is 16.4 Å². The van der Waals surface area contributed by atoms with Crippen molar-refractivity contribution in [1.82, 2.24) is 15.5 Å². The fourth-order valence-electron chi connectivity index (χ4n) is 1.95. The van der Waals surface area contributed by atoms with E-state index in [1.54, 1.807) is 0 Å². The molecule has 1 heterocycles. The van der Waals surface area contributed by atoms with Crippen molar-refractivity contribution in [3.8, 4) is 0 Å². The Morgan fingerprint density at radius 2 is 2.12 bits per heavy atom. The SMILES string of the molecule is CNC(=O)NC(=O)CN1CCCCC1CN.Cl. The van der Waals surface area contributed by atoms with Gasteiger partial charge in [-0.25, -0.2) is 4.79 Å². The molecule has 1 atom stereocenters. The Kier molecular flexibility index (Phi) is 7.86. The van der Waals surface area contributed by atoms with Crippen LogP contribution in [0.5, 0.6) is 0 Å². The monoisotopic (exact) mass is 264 g/mol. The molecule has 100 valence electrons. The number of rotatable bonds is 3. The van der Waals surface area contributed by atoms with Gasteiger partial charge in [0.1, 0.15) is 0 Å². The number of carbonyl (C=O) groups is 2. The number of nitrogens with one attached hydrogen (secondary N) is 2. The molecule has 6 nitrogen and oxygen atoms in total. The van der Waals surface area contributed by atoms with Gasteiger partial charge >= 0.3 is 6.03 Å². The van der Waals surface area contributed by atoms with Gasteiger partial charge in [0.05, 0.1) is 6.54 Å². The molecule has 3 amide bonds. The van der Waals surface area contributed by atoms with E-state index in [0.717, 1.165) is 25.8 Å². The van der Waals surface area contributed by atoms with Crippen LogP contribution in [0.4, 0.5) is 4.79 Å². The zero-order valence-electron chi connectivity index (χ0n) is 10.1. The van der Waals surface area contributed by atoms with Crippen LogP contribution in [0, 0.1) is 0 Å². The van der Waals surface area contributed by atoms with Crippen LogP contribution in [0.1, 0.15) is 19.3 Å². The summed E-state index contributed by atoms with van der Waals surface area (Å²) < 4.78 is 0. The van der Waals surface area contributed by atoms with E-state index in [1.165, 1.54) is 7.05 Å². The second-order valence-electron chi connectivity index (χ2n) is 3.98. The van der Waals surface area contributed by atoms with Gasteiger partial charge in [0, 0.05) is 19.6 Å². The van der Waals surface area contributed by atoms with Crippen molar-refractivity contribution in [3.05, 3.63) is 0 Å². The predicted octanol–water partition coefficient (Wildman–Crippen LogP) is -0.323. The van der Waals surface area contributed by atoms with Crippen LogP contribution in [-0.2, 0) is 4.79 Å². The highest BCUT2D eigenvalue weighted by Crippen LogP contribution is 2.15. The summed E-state index contributed by atoms with van der Waals surface area (Å²) >= 11 is 0. The fourth-order valence-corrected chi connectivity index (χ4v) is 1.95. The van der Waals surface area contributed by atoms with Crippen LogP contribution >= 0.6 is 12.4 Å². The third-order valence-corrected chi connectivity index (χ3v) is 2.85. The number of piperidine rings is 1. The van der Waals surface area contributed by atoms with Crippen molar-refractivity contribution in [3.63, 3.8) is 0 Å². The minimum atomic E-state index is -0.466. The van der Waals surface area contributed by atoms with E-state index in [-0.39, 0.29) is 30.9 Å². The highest BCUT2D eigenvalue weighted by atomic mass is 35.5. The molecular formula is C10H21ClN4O2. The molecule has 0 bridgehead atoms. The molecule has 0 aromatic rings. The lowest BCUT2D eigenvalue weighted by Gasteiger charge is -2.34. The fraction of sp³-hybridized carbons (Fsp3) is 0.800. The summed E-state index contributed by atoms with van der Waals surface area (Å²) in [5, 5.41) is 4.59. The zero-order valence-corrected chi connectivity index (χ0v) is 10.9. The normalized spacial score (nSPS) is 20.2. The van der Waals surface area contributed by atoms with E-state index in [2.05, 4.69) is 10.6 Å². The molecule has 1 aliphatic rings. The maximum atomic E-state index is 11.5. The Hall–Kier alpha value is -0.850. The molecule has 7 heteroatoms. The van der Waals surface area contributed by atoms with E-state index < -0.39 is 6.03 Å². The number of urea groups is 1. The number of likely N-dealkylation sites (tertiary alicyclic amines) is 1. The molecular weight excluding hydrogens is 244 g/mol. The maximum absolute atomic E-state index is 11.5. The number of carbonyl (C=O) groups excluding carboxylic acids is 2. The van der Waals surface area contributed by atoms with E-state index in [9.17, 15) is 9.59 Å². The van der Waals surface area contributed by atoms with Crippen molar-refractivity contribution >= 4 is 24.3 Å². The van der Waals surface area contributed by atoms with Crippen LogP contribution in [0.2, 0.25) is 0 Å². The molecule has 0 aromatic heterocycles. The summed E-state index contributed by atoms with van der Waals surface area (Å²) in [6.07, 6.45) is 3.28. The lowest BCUT2D eigenvalue weighted by Crippen LogP contribution is -2.50. The summed E-state index contributed by atoms with van der Waals surface area (Å²) in [6.45, 7) is 1.69. The summed E-state index contributed by atoms with van der Waals surface area (Å²) in [5.74, 6) is -0.278. The minimum Gasteiger partial charge on any atom is -0.341 e. The largest absolute Gasteiger partial charge is 0.341 e. The van der Waals surface area contributed by atoms with Crippen molar-refractivity contribution in [2.45, 2.75) is 25.3 Å². The van der Waals surface area contributed by atoms with Gasteiger partial charge in [0.15, 0.2) is 0 Å². The third kappa shape index (κ3) is 5.34. The first-order valence-corrected chi connectivity index (χ1v) is 5.63. The lowest BCUT2D eigenvalue weighted by molar-refractivity contribution is -0.122. The number of nitrogens with zero attached hydrogens (tertiary/aromatic N) is 1. The molecule has 1 aliphatic heterocycles. The van der Waals surface area contributed by atoms with Crippen molar-refractivity contribution in [2.24, 2.45) is 5.73 Å². The van der Waals surface area contributed by atoms with Gasteiger partial charge < -0.3 is 11.1 Å². The summed E-state index contributed by atoms with van der Waals surface area (Å²) in [4.78, 5) is 24.5. The van der Waals surface area contributed by atoms with Gasteiger partial charge in [-0.1, -0.05) is 6.42 Å². The van der Waals surface area contributed by atoms with Gasteiger partial charge in [0.2, 0.25) is 5.91 Å². The first kappa shape index (κ1) is 16.1. The first-order chi connectivity index (χ1) is 7.67. The van der Waals surface area contributed by atoms with E-state index in [1.807, 2.05) is 4.90 Å². The van der Waals surface area contributed by atoms with E-state index >= 15 is 0 Å². The molecule has 17 heavy (non-hydrogen) atoms. The average molecular weight is 265 g/mol. The van der Waals surface area contributed by atoms with E-state index in [0.29, 0.717) is 6.54 Å². The Balaban J connectivity index is 0.00000256. The van der Waals surface area contributed by atoms with Gasteiger partial charge in [-0.15, -0.1) is 12.4 Å². The molecule has 1 rings (SSSR count). The van der Waals surface area contributed by atoms with Crippen LogP contribution in [0.3, 0.4) is 0 Å². The number of halogens is 1. The van der Waals surface area contributed by atoms with Gasteiger partial charge in [-0.05, 0) is 19.4 Å². The summed E-state index contributed by atoms with van der Waals surface area (Å²) in [5.41, 5.74) is 5.64. The number of hydrogen-bond acceptors (Lipinski definition) is 4. The minimum absolute atomic E-state index is 0. The van der Waals surface area contributed by atoms with Gasteiger partial charge in [0.25, 0.3) is 0 Å². The second-order valence-corrected chi connectivity index (χ2v) is 3.98. The highest BCUT2D eigenvalue weighted by molar-refractivity contribution is 5.95. The smallest absolute Gasteiger partial charge is 0.321 e. The second kappa shape index (κ2) is 8.27. The predicted molar refractivity (Wildman–Crippen MR) is 68.1 cm³/mol. The first-order valence-electron chi connectivity index (χ1n) is 5.63. The number of amides is 3. The quantitative estimate of drug-likeness (QED) is 0.652. The van der Waals surface area contributed by atoms with Crippen LogP contribution in [0.25, 0.3) is 0 Å². The molecule has 0 aromatic carbocycles.